The van der Waals surface area contributed by atoms with Crippen LogP contribution in [0.1, 0.15) is 20.8 Å². The molecule has 0 aromatic heterocycles. The minimum atomic E-state index is -0.415. The molecule has 0 atom stereocenters. The first-order valence-corrected chi connectivity index (χ1v) is 5.75. The fourth-order valence-corrected chi connectivity index (χ4v) is 1.45. The van der Waals surface area contributed by atoms with Crippen LogP contribution < -0.4 is 5.32 Å². The van der Waals surface area contributed by atoms with Gasteiger partial charge >= 0.3 is 0 Å². The summed E-state index contributed by atoms with van der Waals surface area (Å²) in [4.78, 5) is 11.7. The molecule has 4 heteroatoms. The van der Waals surface area contributed by atoms with Gasteiger partial charge in [0.2, 0.25) is 5.91 Å². The topological polar surface area (TPSA) is 29.1 Å². The molecule has 0 aliphatic heterocycles. The maximum absolute atomic E-state index is 11.7. The molecule has 15 heavy (non-hydrogen) atoms. The number of hydrogen-bond acceptors (Lipinski definition) is 1. The Kier molecular flexibility index (Phi) is 3.79. The Labute approximate surface area is 103 Å². The van der Waals surface area contributed by atoms with E-state index in [0.29, 0.717) is 15.2 Å². The Morgan fingerprint density at radius 2 is 2.00 bits per heavy atom. The van der Waals surface area contributed by atoms with Gasteiger partial charge in [0.15, 0.2) is 0 Å². The Hall–Kier alpha value is -0.540. The fourth-order valence-electron chi connectivity index (χ4n) is 0.910. The second-order valence-electron chi connectivity index (χ2n) is 4.31. The highest BCUT2D eigenvalue weighted by Gasteiger charge is 2.21. The summed E-state index contributed by atoms with van der Waals surface area (Å²) in [7, 11) is 0. The number of benzene rings is 1. The minimum Gasteiger partial charge on any atom is -0.325 e. The highest BCUT2D eigenvalue weighted by Crippen LogP contribution is 2.31. The van der Waals surface area contributed by atoms with Crippen LogP contribution in [0.4, 0.5) is 5.69 Å². The van der Waals surface area contributed by atoms with Crippen molar-refractivity contribution < 1.29 is 4.79 Å². The van der Waals surface area contributed by atoms with E-state index in [0.717, 1.165) is 0 Å². The van der Waals surface area contributed by atoms with Crippen LogP contribution in [0.3, 0.4) is 0 Å². The molecule has 0 saturated carbocycles. The van der Waals surface area contributed by atoms with Crippen LogP contribution in [0.2, 0.25) is 5.02 Å². The van der Waals surface area contributed by atoms with E-state index in [2.05, 4.69) is 21.2 Å². The molecule has 0 radical (unpaired) electrons. The van der Waals surface area contributed by atoms with Gasteiger partial charge < -0.3 is 5.32 Å². The monoisotopic (exact) mass is 289 g/mol. The van der Waals surface area contributed by atoms with E-state index in [1.54, 1.807) is 18.2 Å². The molecule has 2 nitrogen and oxygen atoms in total. The quantitative estimate of drug-likeness (QED) is 0.829. The Bertz CT molecular complexity index is 385. The molecule has 0 heterocycles. The maximum atomic E-state index is 11.7. The normalized spacial score (nSPS) is 11.3. The summed E-state index contributed by atoms with van der Waals surface area (Å²) in [5.74, 6) is -0.0366. The number of rotatable bonds is 1. The average molecular weight is 291 g/mol. The van der Waals surface area contributed by atoms with Crippen LogP contribution in [0.15, 0.2) is 22.7 Å². The van der Waals surface area contributed by atoms with Crippen molar-refractivity contribution >= 4 is 39.1 Å². The van der Waals surface area contributed by atoms with Gasteiger partial charge in [0, 0.05) is 5.41 Å². The van der Waals surface area contributed by atoms with Gasteiger partial charge in [-0.15, -0.1) is 0 Å². The van der Waals surface area contributed by atoms with Crippen LogP contribution in [-0.2, 0) is 4.79 Å². The van der Waals surface area contributed by atoms with E-state index >= 15 is 0 Å². The van der Waals surface area contributed by atoms with Crippen LogP contribution in [0.25, 0.3) is 0 Å². The molecule has 1 rings (SSSR count). The Morgan fingerprint density at radius 3 is 2.53 bits per heavy atom. The summed E-state index contributed by atoms with van der Waals surface area (Å²) < 4.78 is 0.712. The first kappa shape index (κ1) is 12.5. The molecule has 0 bridgehead atoms. The highest BCUT2D eigenvalue weighted by molar-refractivity contribution is 9.10. The lowest BCUT2D eigenvalue weighted by Gasteiger charge is -2.18. The summed E-state index contributed by atoms with van der Waals surface area (Å²) in [6, 6.07) is 5.36. The van der Waals surface area contributed by atoms with Gasteiger partial charge in [-0.25, -0.2) is 0 Å². The van der Waals surface area contributed by atoms with Gasteiger partial charge in [0.05, 0.1) is 15.2 Å². The van der Waals surface area contributed by atoms with Crippen molar-refractivity contribution in [1.82, 2.24) is 0 Å². The van der Waals surface area contributed by atoms with Crippen LogP contribution in [0, 0.1) is 5.41 Å². The first-order chi connectivity index (χ1) is 6.82. The molecular formula is C11H13BrClNO. The van der Waals surface area contributed by atoms with Crippen molar-refractivity contribution in [3.8, 4) is 0 Å². The standard InChI is InChI=1S/C11H13BrClNO/c1-11(2,3)10(15)14-8-6-4-5-7(13)9(8)12/h4-6H,1-3H3,(H,14,15). The van der Waals surface area contributed by atoms with Crippen molar-refractivity contribution in [1.29, 1.82) is 0 Å². The van der Waals surface area contributed by atoms with Crippen LogP contribution >= 0.6 is 27.5 Å². The summed E-state index contributed by atoms with van der Waals surface area (Å²) >= 11 is 9.24. The molecular weight excluding hydrogens is 277 g/mol. The lowest BCUT2D eigenvalue weighted by Crippen LogP contribution is -2.27. The van der Waals surface area contributed by atoms with Gasteiger partial charge in [0.25, 0.3) is 0 Å². The largest absolute Gasteiger partial charge is 0.325 e. The maximum Gasteiger partial charge on any atom is 0.229 e. The van der Waals surface area contributed by atoms with Crippen molar-refractivity contribution in [2.24, 2.45) is 5.41 Å². The zero-order valence-corrected chi connectivity index (χ0v) is 11.2. The van der Waals surface area contributed by atoms with Crippen LogP contribution in [0.5, 0.6) is 0 Å². The summed E-state index contributed by atoms with van der Waals surface area (Å²) in [5.41, 5.74) is 0.282. The molecule has 0 fully saturated rings. The second-order valence-corrected chi connectivity index (χ2v) is 5.51. The third-order valence-corrected chi connectivity index (χ3v) is 3.28. The zero-order chi connectivity index (χ0) is 11.6. The van der Waals surface area contributed by atoms with E-state index in [1.165, 1.54) is 0 Å². The number of amides is 1. The van der Waals surface area contributed by atoms with Crippen molar-refractivity contribution in [3.63, 3.8) is 0 Å². The first-order valence-electron chi connectivity index (χ1n) is 4.58. The van der Waals surface area contributed by atoms with Gasteiger partial charge in [0.1, 0.15) is 0 Å². The number of hydrogen-bond donors (Lipinski definition) is 1. The predicted octanol–water partition coefficient (Wildman–Crippen LogP) is 4.09. The van der Waals surface area contributed by atoms with Crippen LogP contribution in [-0.4, -0.2) is 5.91 Å². The van der Waals surface area contributed by atoms with Gasteiger partial charge in [-0.1, -0.05) is 38.4 Å². The van der Waals surface area contributed by atoms with Crippen molar-refractivity contribution in [2.45, 2.75) is 20.8 Å². The summed E-state index contributed by atoms with van der Waals surface area (Å²) in [5, 5.41) is 3.41. The smallest absolute Gasteiger partial charge is 0.229 e. The van der Waals surface area contributed by atoms with E-state index in [1.807, 2.05) is 20.8 Å². The lowest BCUT2D eigenvalue weighted by molar-refractivity contribution is -0.123. The molecule has 1 aromatic rings. The summed E-state index contributed by atoms with van der Waals surface area (Å²) in [6.07, 6.45) is 0. The fraction of sp³-hybridized carbons (Fsp3) is 0.364. The number of carbonyl (C=O) groups excluding carboxylic acids is 1. The third kappa shape index (κ3) is 3.21. The molecule has 1 aromatic carbocycles. The lowest BCUT2D eigenvalue weighted by atomic mass is 9.95. The van der Waals surface area contributed by atoms with Gasteiger partial charge in [-0.3, -0.25) is 4.79 Å². The Balaban J connectivity index is 2.91. The molecule has 1 N–H and O–H groups in total. The SMILES string of the molecule is CC(C)(C)C(=O)Nc1cccc(Cl)c1Br. The van der Waals surface area contributed by atoms with Gasteiger partial charge in [-0.05, 0) is 28.1 Å². The number of carbonyl (C=O) groups is 1. The molecule has 1 amide bonds. The van der Waals surface area contributed by atoms with E-state index < -0.39 is 5.41 Å². The second kappa shape index (κ2) is 4.54. The Morgan fingerprint density at radius 1 is 1.40 bits per heavy atom. The van der Waals surface area contributed by atoms with Crippen molar-refractivity contribution in [2.75, 3.05) is 5.32 Å². The zero-order valence-electron chi connectivity index (χ0n) is 8.90. The van der Waals surface area contributed by atoms with Crippen molar-refractivity contribution in [3.05, 3.63) is 27.7 Å². The molecule has 0 aliphatic rings. The molecule has 0 saturated heterocycles. The summed E-state index contributed by atoms with van der Waals surface area (Å²) in [6.45, 7) is 5.59. The molecule has 82 valence electrons. The predicted molar refractivity (Wildman–Crippen MR) is 67.2 cm³/mol. The molecule has 0 spiro atoms. The van der Waals surface area contributed by atoms with E-state index in [9.17, 15) is 4.79 Å². The van der Waals surface area contributed by atoms with Gasteiger partial charge in [-0.2, -0.15) is 0 Å². The van der Waals surface area contributed by atoms with E-state index in [-0.39, 0.29) is 5.91 Å². The average Bonchev–Trinajstić information content (AvgIpc) is 2.11. The number of halogens is 2. The highest BCUT2D eigenvalue weighted by atomic mass is 79.9. The number of anilines is 1. The van der Waals surface area contributed by atoms with E-state index in [4.69, 9.17) is 11.6 Å². The molecule has 0 unspecified atom stereocenters. The number of nitrogens with one attached hydrogen (secondary N) is 1. The minimum absolute atomic E-state index is 0.0366. The molecule has 0 aliphatic carbocycles. The third-order valence-electron chi connectivity index (χ3n) is 1.88.